The van der Waals surface area contributed by atoms with Crippen LogP contribution in [0.15, 0.2) is 48.5 Å². The maximum absolute atomic E-state index is 14.4. The number of halogens is 1. The molecule has 2 heterocycles. The molecule has 0 bridgehead atoms. The van der Waals surface area contributed by atoms with E-state index in [-0.39, 0.29) is 17.5 Å². The molecule has 0 saturated carbocycles. The van der Waals surface area contributed by atoms with Gasteiger partial charge in [0.2, 0.25) is 0 Å². The van der Waals surface area contributed by atoms with E-state index < -0.39 is 11.8 Å². The highest BCUT2D eigenvalue weighted by atomic mass is 19.1. The summed E-state index contributed by atoms with van der Waals surface area (Å²) in [5, 5.41) is 5.68. The standard InChI is InChI=1S/C21H24FN3O2/c22-16-9-6-11-19(27-15-7-2-1-3-8-15)20(16)24-21(26)23-17-12-14-25-13-5-4-10-18(17)25/h1-3,6-9,11,17-18H,4-5,10,12-14H2,(H2,23,24,26). The number of benzene rings is 2. The number of hydrogen-bond donors (Lipinski definition) is 2. The number of anilines is 1. The number of carbonyl (C=O) groups excluding carboxylic acids is 1. The van der Waals surface area contributed by atoms with Gasteiger partial charge in [-0.2, -0.15) is 0 Å². The number of nitrogens with one attached hydrogen (secondary N) is 2. The van der Waals surface area contributed by atoms with Gasteiger partial charge in [-0.15, -0.1) is 0 Å². The topological polar surface area (TPSA) is 53.6 Å². The molecule has 2 aromatic rings. The zero-order valence-electron chi connectivity index (χ0n) is 15.2. The van der Waals surface area contributed by atoms with Gasteiger partial charge in [0.25, 0.3) is 0 Å². The van der Waals surface area contributed by atoms with Crippen LogP contribution in [-0.4, -0.2) is 36.1 Å². The molecule has 2 atom stereocenters. The van der Waals surface area contributed by atoms with E-state index in [2.05, 4.69) is 15.5 Å². The lowest BCUT2D eigenvalue weighted by Gasteiger charge is -2.32. The Morgan fingerprint density at radius 2 is 1.89 bits per heavy atom. The molecule has 0 aromatic heterocycles. The number of amides is 2. The Kier molecular flexibility index (Phi) is 5.25. The molecular formula is C21H24FN3O2. The molecular weight excluding hydrogens is 345 g/mol. The monoisotopic (exact) mass is 369 g/mol. The van der Waals surface area contributed by atoms with Crippen molar-refractivity contribution in [3.63, 3.8) is 0 Å². The predicted octanol–water partition coefficient (Wildman–Crippen LogP) is 4.37. The van der Waals surface area contributed by atoms with E-state index in [4.69, 9.17) is 4.74 Å². The van der Waals surface area contributed by atoms with Crippen molar-refractivity contribution in [2.24, 2.45) is 0 Å². The Balaban J connectivity index is 1.45. The molecule has 4 rings (SSSR count). The highest BCUT2D eigenvalue weighted by Crippen LogP contribution is 2.32. The summed E-state index contributed by atoms with van der Waals surface area (Å²) in [7, 11) is 0. The fourth-order valence-electron chi connectivity index (χ4n) is 4.06. The van der Waals surface area contributed by atoms with Gasteiger partial charge >= 0.3 is 6.03 Å². The van der Waals surface area contributed by atoms with Crippen molar-refractivity contribution in [2.75, 3.05) is 18.4 Å². The van der Waals surface area contributed by atoms with Crippen LogP contribution >= 0.6 is 0 Å². The first-order valence-corrected chi connectivity index (χ1v) is 9.54. The second kappa shape index (κ2) is 7.96. The van der Waals surface area contributed by atoms with Crippen molar-refractivity contribution in [1.82, 2.24) is 10.2 Å². The average Bonchev–Trinajstić information content (AvgIpc) is 3.08. The fourth-order valence-corrected chi connectivity index (χ4v) is 4.06. The van der Waals surface area contributed by atoms with Crippen LogP contribution in [0.5, 0.6) is 11.5 Å². The summed E-state index contributed by atoms with van der Waals surface area (Å²) in [5.41, 5.74) is 0.0531. The third-order valence-electron chi connectivity index (χ3n) is 5.36. The first kappa shape index (κ1) is 17.8. The Morgan fingerprint density at radius 1 is 1.04 bits per heavy atom. The summed E-state index contributed by atoms with van der Waals surface area (Å²) in [4.78, 5) is 15.0. The molecule has 2 amide bonds. The van der Waals surface area contributed by atoms with E-state index in [1.54, 1.807) is 24.3 Å². The number of urea groups is 1. The van der Waals surface area contributed by atoms with Crippen LogP contribution in [0.4, 0.5) is 14.9 Å². The van der Waals surface area contributed by atoms with E-state index >= 15 is 0 Å². The van der Waals surface area contributed by atoms with Gasteiger partial charge in [-0.1, -0.05) is 30.7 Å². The molecule has 2 unspecified atom stereocenters. The Morgan fingerprint density at radius 3 is 2.74 bits per heavy atom. The smallest absolute Gasteiger partial charge is 0.319 e. The summed E-state index contributed by atoms with van der Waals surface area (Å²) in [5.74, 6) is 0.339. The van der Waals surface area contributed by atoms with E-state index in [0.29, 0.717) is 11.8 Å². The zero-order valence-corrected chi connectivity index (χ0v) is 15.2. The van der Waals surface area contributed by atoms with Crippen LogP contribution < -0.4 is 15.4 Å². The lowest BCUT2D eigenvalue weighted by atomic mass is 9.99. The maximum atomic E-state index is 14.4. The number of fused-ring (bicyclic) bond motifs is 1. The lowest BCUT2D eigenvalue weighted by molar-refractivity contribution is 0.180. The van der Waals surface area contributed by atoms with Crippen LogP contribution in [0.1, 0.15) is 25.7 Å². The molecule has 0 aliphatic carbocycles. The summed E-state index contributed by atoms with van der Waals surface area (Å²) in [6, 6.07) is 13.7. The number of hydrogen-bond acceptors (Lipinski definition) is 3. The van der Waals surface area contributed by atoms with E-state index in [9.17, 15) is 9.18 Å². The molecule has 142 valence electrons. The molecule has 2 fully saturated rings. The zero-order chi connectivity index (χ0) is 18.6. The highest BCUT2D eigenvalue weighted by Gasteiger charge is 2.36. The molecule has 6 heteroatoms. The van der Waals surface area contributed by atoms with Crippen LogP contribution in [-0.2, 0) is 0 Å². The normalized spacial score (nSPS) is 22.1. The number of piperidine rings is 1. The highest BCUT2D eigenvalue weighted by molar-refractivity contribution is 5.91. The predicted molar refractivity (Wildman–Crippen MR) is 103 cm³/mol. The molecule has 0 radical (unpaired) electrons. The number of para-hydroxylation sites is 2. The van der Waals surface area contributed by atoms with Crippen LogP contribution in [0.2, 0.25) is 0 Å². The first-order valence-electron chi connectivity index (χ1n) is 9.54. The molecule has 2 aromatic carbocycles. The quantitative estimate of drug-likeness (QED) is 0.842. The SMILES string of the molecule is O=C(Nc1c(F)cccc1Oc1ccccc1)NC1CCN2CCCCC12. The molecule has 27 heavy (non-hydrogen) atoms. The van der Waals surface area contributed by atoms with Gasteiger partial charge in [0, 0.05) is 18.6 Å². The van der Waals surface area contributed by atoms with E-state index in [1.807, 2.05) is 18.2 Å². The van der Waals surface area contributed by atoms with Gasteiger partial charge < -0.3 is 15.4 Å². The second-order valence-corrected chi connectivity index (χ2v) is 7.12. The number of nitrogens with zero attached hydrogens (tertiary/aromatic N) is 1. The molecule has 2 N–H and O–H groups in total. The van der Waals surface area contributed by atoms with Gasteiger partial charge in [0.1, 0.15) is 11.4 Å². The number of ether oxygens (including phenoxy) is 1. The molecule has 2 aliphatic heterocycles. The maximum Gasteiger partial charge on any atom is 0.319 e. The summed E-state index contributed by atoms with van der Waals surface area (Å²) in [6.45, 7) is 2.12. The average molecular weight is 369 g/mol. The molecule has 0 spiro atoms. The van der Waals surface area contributed by atoms with Crippen LogP contribution in [0, 0.1) is 5.82 Å². The van der Waals surface area contributed by atoms with Crippen LogP contribution in [0.25, 0.3) is 0 Å². The summed E-state index contributed by atoms with van der Waals surface area (Å²) < 4.78 is 20.1. The summed E-state index contributed by atoms with van der Waals surface area (Å²) in [6.07, 6.45) is 4.46. The van der Waals surface area contributed by atoms with E-state index in [0.717, 1.165) is 25.9 Å². The second-order valence-electron chi connectivity index (χ2n) is 7.12. The van der Waals surface area contributed by atoms with Crippen molar-refractivity contribution in [3.05, 3.63) is 54.3 Å². The minimum atomic E-state index is -0.524. The lowest BCUT2D eigenvalue weighted by Crippen LogP contribution is -2.48. The third kappa shape index (κ3) is 4.06. The van der Waals surface area contributed by atoms with E-state index in [1.165, 1.54) is 18.9 Å². The number of rotatable bonds is 4. The molecule has 2 saturated heterocycles. The van der Waals surface area contributed by atoms with Gasteiger partial charge in [0.05, 0.1) is 0 Å². The van der Waals surface area contributed by atoms with Gasteiger partial charge in [-0.3, -0.25) is 4.90 Å². The van der Waals surface area contributed by atoms with Gasteiger partial charge in [-0.25, -0.2) is 9.18 Å². The Hall–Kier alpha value is -2.60. The van der Waals surface area contributed by atoms with Gasteiger partial charge in [-0.05, 0) is 50.1 Å². The van der Waals surface area contributed by atoms with Crippen molar-refractivity contribution in [2.45, 2.75) is 37.8 Å². The number of carbonyl (C=O) groups is 1. The minimum absolute atomic E-state index is 0.0531. The van der Waals surface area contributed by atoms with Crippen molar-refractivity contribution in [3.8, 4) is 11.5 Å². The fraction of sp³-hybridized carbons (Fsp3) is 0.381. The minimum Gasteiger partial charge on any atom is -0.455 e. The Bertz CT molecular complexity index is 799. The third-order valence-corrected chi connectivity index (χ3v) is 5.36. The first-order chi connectivity index (χ1) is 13.2. The summed E-state index contributed by atoms with van der Waals surface area (Å²) >= 11 is 0. The van der Waals surface area contributed by atoms with Crippen molar-refractivity contribution >= 4 is 11.7 Å². The van der Waals surface area contributed by atoms with Crippen LogP contribution in [0.3, 0.4) is 0 Å². The Labute approximate surface area is 158 Å². The van der Waals surface area contributed by atoms with Gasteiger partial charge in [0.15, 0.2) is 11.6 Å². The molecule has 5 nitrogen and oxygen atoms in total. The van der Waals surface area contributed by atoms with Crippen molar-refractivity contribution < 1.29 is 13.9 Å². The van der Waals surface area contributed by atoms with Crippen molar-refractivity contribution in [1.29, 1.82) is 0 Å². The molecule has 2 aliphatic rings. The largest absolute Gasteiger partial charge is 0.455 e.